The van der Waals surface area contributed by atoms with Gasteiger partial charge in [0.2, 0.25) is 11.0 Å². The topological polar surface area (TPSA) is 104 Å². The van der Waals surface area contributed by atoms with Crippen molar-refractivity contribution in [3.05, 3.63) is 34.0 Å². The molecule has 0 amide bonds. The molecule has 0 saturated heterocycles. The lowest BCUT2D eigenvalue weighted by atomic mass is 10.2. The summed E-state index contributed by atoms with van der Waals surface area (Å²) in [6, 6.07) is 0. The van der Waals surface area contributed by atoms with Crippen LogP contribution in [-0.4, -0.2) is 32.0 Å². The molecule has 9 heteroatoms. The maximum Gasteiger partial charge on any atom is 0.334 e. The monoisotopic (exact) mass is 267 g/mol. The normalized spacial score (nSPS) is 10.1. The fraction of sp³-hybridized carbons (Fsp3) is 0.111. The van der Waals surface area contributed by atoms with Crippen LogP contribution >= 0.6 is 11.6 Å². The maximum atomic E-state index is 11.0. The number of nitro groups is 1. The van der Waals surface area contributed by atoms with Crippen LogP contribution in [0, 0.1) is 10.1 Å². The zero-order chi connectivity index (χ0) is 13.1. The number of halogens is 1. The number of aromatic nitrogens is 4. The minimum absolute atomic E-state index is 0.0371. The molecule has 8 nitrogen and oxygen atoms in total. The van der Waals surface area contributed by atoms with Crippen molar-refractivity contribution in [2.45, 2.75) is 0 Å². The highest BCUT2D eigenvalue weighted by molar-refractivity contribution is 6.31. The molecule has 0 unspecified atom stereocenters. The van der Waals surface area contributed by atoms with Gasteiger partial charge in [-0.05, 0) is 0 Å². The molecule has 0 atom stereocenters. The van der Waals surface area contributed by atoms with Gasteiger partial charge in [0.05, 0.1) is 12.0 Å². The van der Waals surface area contributed by atoms with Crippen molar-refractivity contribution in [3.8, 4) is 17.3 Å². The van der Waals surface area contributed by atoms with Crippen LogP contribution in [-0.2, 0) is 0 Å². The van der Waals surface area contributed by atoms with Crippen molar-refractivity contribution in [2.75, 3.05) is 7.11 Å². The number of methoxy groups -OCH3 is 1. The van der Waals surface area contributed by atoms with E-state index in [0.717, 1.165) is 6.33 Å². The molecule has 0 aromatic carbocycles. The number of rotatable bonds is 3. The van der Waals surface area contributed by atoms with Gasteiger partial charge in [0.1, 0.15) is 6.33 Å². The van der Waals surface area contributed by atoms with E-state index in [1.165, 1.54) is 19.5 Å². The maximum absolute atomic E-state index is 11.0. The van der Waals surface area contributed by atoms with Crippen molar-refractivity contribution in [3.63, 3.8) is 0 Å². The smallest absolute Gasteiger partial charge is 0.334 e. The molecule has 0 N–H and O–H groups in total. The molecule has 0 radical (unpaired) electrons. The van der Waals surface area contributed by atoms with E-state index in [1.54, 1.807) is 0 Å². The van der Waals surface area contributed by atoms with Gasteiger partial charge >= 0.3 is 5.69 Å². The summed E-state index contributed by atoms with van der Waals surface area (Å²) in [5.41, 5.74) is -0.334. The second kappa shape index (κ2) is 4.88. The van der Waals surface area contributed by atoms with Crippen molar-refractivity contribution in [1.82, 2.24) is 19.9 Å². The second-order valence-electron chi connectivity index (χ2n) is 3.03. The predicted octanol–water partition coefficient (Wildman–Crippen LogP) is 1.50. The van der Waals surface area contributed by atoms with Gasteiger partial charge in [-0.15, -0.1) is 0 Å². The Balaban J connectivity index is 2.71. The average molecular weight is 268 g/mol. The van der Waals surface area contributed by atoms with Crippen molar-refractivity contribution >= 4 is 17.3 Å². The molecule has 2 aromatic rings. The van der Waals surface area contributed by atoms with E-state index in [-0.39, 0.29) is 22.4 Å². The minimum Gasteiger partial charge on any atom is -0.479 e. The van der Waals surface area contributed by atoms with E-state index in [2.05, 4.69) is 19.9 Å². The first-order chi connectivity index (χ1) is 8.65. The van der Waals surface area contributed by atoms with Crippen LogP contribution in [0.25, 0.3) is 11.4 Å². The van der Waals surface area contributed by atoms with Gasteiger partial charge in [0.25, 0.3) is 0 Å². The summed E-state index contributed by atoms with van der Waals surface area (Å²) in [5.74, 6) is 0.121. The first-order valence-corrected chi connectivity index (χ1v) is 5.03. The quantitative estimate of drug-likeness (QED) is 0.471. The van der Waals surface area contributed by atoms with E-state index < -0.39 is 10.6 Å². The van der Waals surface area contributed by atoms with Crippen LogP contribution in [0.1, 0.15) is 0 Å². The van der Waals surface area contributed by atoms with Gasteiger partial charge in [0.15, 0.2) is 11.4 Å². The van der Waals surface area contributed by atoms with Gasteiger partial charge in [-0.3, -0.25) is 10.1 Å². The Morgan fingerprint density at radius 3 is 2.61 bits per heavy atom. The first-order valence-electron chi connectivity index (χ1n) is 4.65. The minimum atomic E-state index is -0.675. The zero-order valence-corrected chi connectivity index (χ0v) is 9.83. The third-order valence-corrected chi connectivity index (χ3v) is 2.32. The molecular formula is C9H6ClN5O3. The van der Waals surface area contributed by atoms with E-state index in [1.807, 2.05) is 0 Å². The summed E-state index contributed by atoms with van der Waals surface area (Å²) in [5, 5.41) is 10.7. The molecular weight excluding hydrogens is 262 g/mol. The zero-order valence-electron chi connectivity index (χ0n) is 9.07. The molecule has 0 bridgehead atoms. The third kappa shape index (κ3) is 2.05. The molecule has 0 aliphatic heterocycles. The summed E-state index contributed by atoms with van der Waals surface area (Å²) in [6.07, 6.45) is 3.88. The number of hydrogen-bond acceptors (Lipinski definition) is 7. The van der Waals surface area contributed by atoms with Gasteiger partial charge in [-0.1, -0.05) is 11.6 Å². The Kier molecular flexibility index (Phi) is 3.28. The van der Waals surface area contributed by atoms with Crippen LogP contribution in [0.4, 0.5) is 5.69 Å². The third-order valence-electron chi connectivity index (χ3n) is 2.04. The lowest BCUT2D eigenvalue weighted by Gasteiger charge is -2.05. The molecule has 0 spiro atoms. The van der Waals surface area contributed by atoms with Crippen LogP contribution in [0.3, 0.4) is 0 Å². The van der Waals surface area contributed by atoms with E-state index in [0.29, 0.717) is 0 Å². The molecule has 18 heavy (non-hydrogen) atoms. The summed E-state index contributed by atoms with van der Waals surface area (Å²) in [7, 11) is 1.38. The Morgan fingerprint density at radius 2 is 1.94 bits per heavy atom. The highest BCUT2D eigenvalue weighted by Crippen LogP contribution is 2.34. The standard InChI is InChI=1S/C9H6ClN5O3/c1-18-9-6(11-2-3-12-9)5-7(15(16)17)8(10)14-4-13-5/h2-4H,1H3. The van der Waals surface area contributed by atoms with Gasteiger partial charge < -0.3 is 4.74 Å². The van der Waals surface area contributed by atoms with Crippen LogP contribution in [0.15, 0.2) is 18.7 Å². The molecule has 2 heterocycles. The van der Waals surface area contributed by atoms with Gasteiger partial charge in [-0.25, -0.2) is 19.9 Å². The molecule has 0 aliphatic rings. The Bertz CT molecular complexity index is 607. The highest BCUT2D eigenvalue weighted by atomic mass is 35.5. The van der Waals surface area contributed by atoms with Crippen molar-refractivity contribution in [2.24, 2.45) is 0 Å². The highest BCUT2D eigenvalue weighted by Gasteiger charge is 2.26. The van der Waals surface area contributed by atoms with Crippen molar-refractivity contribution in [1.29, 1.82) is 0 Å². The SMILES string of the molecule is COc1nccnc1-c1ncnc(Cl)c1[N+](=O)[O-]. The molecule has 2 aromatic heterocycles. The molecule has 2 rings (SSSR count). The van der Waals surface area contributed by atoms with E-state index in [9.17, 15) is 10.1 Å². The summed E-state index contributed by atoms with van der Waals surface area (Å²) in [4.78, 5) is 25.5. The summed E-state index contributed by atoms with van der Waals surface area (Å²) < 4.78 is 4.97. The van der Waals surface area contributed by atoms with E-state index in [4.69, 9.17) is 16.3 Å². The fourth-order valence-corrected chi connectivity index (χ4v) is 1.53. The Morgan fingerprint density at radius 1 is 1.22 bits per heavy atom. The van der Waals surface area contributed by atoms with Gasteiger partial charge in [-0.2, -0.15) is 0 Å². The number of hydrogen-bond donors (Lipinski definition) is 0. The Labute approximate surface area is 106 Å². The second-order valence-corrected chi connectivity index (χ2v) is 3.39. The average Bonchev–Trinajstić information content (AvgIpc) is 2.38. The van der Waals surface area contributed by atoms with Gasteiger partial charge in [0, 0.05) is 12.4 Å². The number of nitrogens with zero attached hydrogens (tertiary/aromatic N) is 5. The Hall–Kier alpha value is -2.35. The predicted molar refractivity (Wildman–Crippen MR) is 61.3 cm³/mol. The molecule has 0 saturated carbocycles. The van der Waals surface area contributed by atoms with Crippen LogP contribution in [0.5, 0.6) is 5.88 Å². The molecule has 0 fully saturated rings. The molecule has 92 valence electrons. The lowest BCUT2D eigenvalue weighted by Crippen LogP contribution is -2.01. The molecule has 0 aliphatic carbocycles. The van der Waals surface area contributed by atoms with Crippen LogP contribution in [0.2, 0.25) is 5.15 Å². The van der Waals surface area contributed by atoms with Crippen molar-refractivity contribution < 1.29 is 9.66 Å². The van der Waals surface area contributed by atoms with Crippen LogP contribution < -0.4 is 4.74 Å². The summed E-state index contributed by atoms with van der Waals surface area (Å²) in [6.45, 7) is 0. The summed E-state index contributed by atoms with van der Waals surface area (Å²) >= 11 is 5.69. The number of ether oxygens (including phenoxy) is 1. The van der Waals surface area contributed by atoms with E-state index >= 15 is 0 Å². The largest absolute Gasteiger partial charge is 0.479 e. The first kappa shape index (κ1) is 12.1. The lowest BCUT2D eigenvalue weighted by molar-refractivity contribution is -0.384. The fourth-order valence-electron chi connectivity index (χ4n) is 1.33.